The Morgan fingerprint density at radius 3 is 2.83 bits per heavy atom. The SMILES string of the molecule is Cn1cc(Cl)cc1C(=O)N1CCC(CC(=O)O)C1. The van der Waals surface area contributed by atoms with Crippen LogP contribution in [0, 0.1) is 5.92 Å². The largest absolute Gasteiger partial charge is 0.481 e. The number of hydrogen-bond acceptors (Lipinski definition) is 2. The molecular weight excluding hydrogens is 256 g/mol. The molecule has 2 heterocycles. The van der Waals surface area contributed by atoms with Crippen molar-refractivity contribution < 1.29 is 14.7 Å². The summed E-state index contributed by atoms with van der Waals surface area (Å²) in [5, 5.41) is 9.27. The Kier molecular flexibility index (Phi) is 3.61. The van der Waals surface area contributed by atoms with Gasteiger partial charge in [-0.05, 0) is 18.4 Å². The minimum atomic E-state index is -0.809. The summed E-state index contributed by atoms with van der Waals surface area (Å²) < 4.78 is 1.69. The van der Waals surface area contributed by atoms with Gasteiger partial charge in [-0.2, -0.15) is 0 Å². The van der Waals surface area contributed by atoms with Crippen LogP contribution >= 0.6 is 11.6 Å². The van der Waals surface area contributed by atoms with Gasteiger partial charge in [0.05, 0.1) is 5.02 Å². The van der Waals surface area contributed by atoms with Crippen molar-refractivity contribution in [2.24, 2.45) is 13.0 Å². The molecule has 0 radical (unpaired) electrons. The van der Waals surface area contributed by atoms with Gasteiger partial charge in [0.1, 0.15) is 5.69 Å². The minimum absolute atomic E-state index is 0.0576. The number of amides is 1. The van der Waals surface area contributed by atoms with E-state index in [4.69, 9.17) is 16.7 Å². The van der Waals surface area contributed by atoms with Crippen LogP contribution in [0.25, 0.3) is 0 Å². The summed E-state index contributed by atoms with van der Waals surface area (Å²) in [6.07, 6.45) is 2.55. The second-order valence-electron chi connectivity index (χ2n) is 4.66. The summed E-state index contributed by atoms with van der Waals surface area (Å²) in [5.74, 6) is -0.837. The molecule has 0 saturated carbocycles. The number of aliphatic carboxylic acids is 1. The highest BCUT2D eigenvalue weighted by Gasteiger charge is 2.29. The van der Waals surface area contributed by atoms with Crippen LogP contribution < -0.4 is 0 Å². The molecule has 1 saturated heterocycles. The number of hydrogen-bond donors (Lipinski definition) is 1. The quantitative estimate of drug-likeness (QED) is 0.908. The number of aromatic nitrogens is 1. The lowest BCUT2D eigenvalue weighted by Gasteiger charge is -2.16. The Balaban J connectivity index is 2.03. The summed E-state index contributed by atoms with van der Waals surface area (Å²) in [4.78, 5) is 24.5. The molecule has 1 aliphatic rings. The zero-order chi connectivity index (χ0) is 13.3. The Labute approximate surface area is 110 Å². The van der Waals surface area contributed by atoms with E-state index >= 15 is 0 Å². The van der Waals surface area contributed by atoms with Crippen LogP contribution in [0.1, 0.15) is 23.3 Å². The second-order valence-corrected chi connectivity index (χ2v) is 5.09. The average molecular weight is 271 g/mol. The molecule has 1 atom stereocenters. The molecule has 1 aromatic rings. The van der Waals surface area contributed by atoms with Gasteiger partial charge in [0.2, 0.25) is 0 Å². The number of rotatable bonds is 3. The smallest absolute Gasteiger partial charge is 0.303 e. The predicted octanol–water partition coefficient (Wildman–Crippen LogP) is 1.62. The van der Waals surface area contributed by atoms with E-state index in [0.29, 0.717) is 23.8 Å². The van der Waals surface area contributed by atoms with Crippen LogP contribution in [0.5, 0.6) is 0 Å². The first-order chi connectivity index (χ1) is 8.47. The summed E-state index contributed by atoms with van der Waals surface area (Å²) in [6.45, 7) is 1.12. The molecule has 0 spiro atoms. The first kappa shape index (κ1) is 13.0. The summed E-state index contributed by atoms with van der Waals surface area (Å²) in [7, 11) is 1.77. The van der Waals surface area contributed by atoms with E-state index in [9.17, 15) is 9.59 Å². The Morgan fingerprint density at radius 2 is 2.28 bits per heavy atom. The first-order valence-corrected chi connectivity index (χ1v) is 6.18. The van der Waals surface area contributed by atoms with Gasteiger partial charge < -0.3 is 14.6 Å². The fourth-order valence-electron chi connectivity index (χ4n) is 2.33. The van der Waals surface area contributed by atoms with E-state index in [1.54, 1.807) is 28.8 Å². The topological polar surface area (TPSA) is 62.5 Å². The van der Waals surface area contributed by atoms with Crippen molar-refractivity contribution in [2.45, 2.75) is 12.8 Å². The van der Waals surface area contributed by atoms with E-state index in [2.05, 4.69) is 0 Å². The number of aryl methyl sites for hydroxylation is 1. The van der Waals surface area contributed by atoms with Crippen LogP contribution in [0.3, 0.4) is 0 Å². The number of carboxylic acids is 1. The maximum Gasteiger partial charge on any atom is 0.303 e. The van der Waals surface area contributed by atoms with Gasteiger partial charge in [0.15, 0.2) is 0 Å². The van der Waals surface area contributed by atoms with Gasteiger partial charge in [-0.1, -0.05) is 11.6 Å². The van der Waals surface area contributed by atoms with Crippen LogP contribution in [0.2, 0.25) is 5.02 Å². The van der Waals surface area contributed by atoms with E-state index in [0.717, 1.165) is 6.42 Å². The number of nitrogens with zero attached hydrogens (tertiary/aromatic N) is 2. The Hall–Kier alpha value is -1.49. The lowest BCUT2D eigenvalue weighted by Crippen LogP contribution is -2.30. The van der Waals surface area contributed by atoms with Gasteiger partial charge in [0.25, 0.3) is 5.91 Å². The van der Waals surface area contributed by atoms with Crippen molar-refractivity contribution in [3.8, 4) is 0 Å². The molecule has 1 amide bonds. The fourth-order valence-corrected chi connectivity index (χ4v) is 2.58. The third-order valence-electron chi connectivity index (χ3n) is 3.23. The van der Waals surface area contributed by atoms with Gasteiger partial charge in [-0.15, -0.1) is 0 Å². The van der Waals surface area contributed by atoms with Crippen LogP contribution in [-0.2, 0) is 11.8 Å². The van der Waals surface area contributed by atoms with Gasteiger partial charge in [-0.3, -0.25) is 9.59 Å². The molecule has 0 aliphatic carbocycles. The third-order valence-corrected chi connectivity index (χ3v) is 3.43. The summed E-state index contributed by atoms with van der Waals surface area (Å²) in [5.41, 5.74) is 0.538. The highest BCUT2D eigenvalue weighted by atomic mass is 35.5. The van der Waals surface area contributed by atoms with E-state index < -0.39 is 5.97 Å². The molecule has 0 aromatic carbocycles. The van der Waals surface area contributed by atoms with Crippen LogP contribution in [0.4, 0.5) is 0 Å². The normalized spacial score (nSPS) is 19.2. The molecule has 1 aromatic heterocycles. The molecule has 1 fully saturated rings. The molecule has 1 aliphatic heterocycles. The molecule has 98 valence electrons. The molecule has 18 heavy (non-hydrogen) atoms. The summed E-state index contributed by atoms with van der Waals surface area (Å²) in [6, 6.07) is 1.63. The lowest BCUT2D eigenvalue weighted by molar-refractivity contribution is -0.138. The maximum atomic E-state index is 12.2. The lowest BCUT2D eigenvalue weighted by atomic mass is 10.1. The maximum absolute atomic E-state index is 12.2. The average Bonchev–Trinajstić information content (AvgIpc) is 2.84. The van der Waals surface area contributed by atoms with E-state index in [-0.39, 0.29) is 18.2 Å². The monoisotopic (exact) mass is 270 g/mol. The highest BCUT2D eigenvalue weighted by molar-refractivity contribution is 6.31. The number of likely N-dealkylation sites (tertiary alicyclic amines) is 1. The van der Waals surface area contributed by atoms with Gasteiger partial charge in [-0.25, -0.2) is 0 Å². The van der Waals surface area contributed by atoms with Crippen molar-refractivity contribution in [1.29, 1.82) is 0 Å². The van der Waals surface area contributed by atoms with E-state index in [1.165, 1.54) is 0 Å². The first-order valence-electron chi connectivity index (χ1n) is 5.80. The Bertz CT molecular complexity index is 484. The molecule has 2 rings (SSSR count). The second kappa shape index (κ2) is 5.02. The fraction of sp³-hybridized carbons (Fsp3) is 0.500. The van der Waals surface area contributed by atoms with Crippen molar-refractivity contribution in [3.63, 3.8) is 0 Å². The van der Waals surface area contributed by atoms with Crippen LogP contribution in [0.15, 0.2) is 12.3 Å². The van der Waals surface area contributed by atoms with Crippen molar-refractivity contribution in [3.05, 3.63) is 23.0 Å². The minimum Gasteiger partial charge on any atom is -0.481 e. The molecule has 5 nitrogen and oxygen atoms in total. The van der Waals surface area contributed by atoms with Crippen molar-refractivity contribution in [2.75, 3.05) is 13.1 Å². The Morgan fingerprint density at radius 1 is 1.56 bits per heavy atom. The summed E-state index contributed by atoms with van der Waals surface area (Å²) >= 11 is 5.84. The molecule has 1 unspecified atom stereocenters. The number of halogens is 1. The van der Waals surface area contributed by atoms with Gasteiger partial charge in [0, 0.05) is 32.8 Å². The molecule has 1 N–H and O–H groups in total. The third kappa shape index (κ3) is 2.67. The molecular formula is C12H15ClN2O3. The molecule has 6 heteroatoms. The number of carbonyl (C=O) groups is 2. The van der Waals surface area contributed by atoms with Gasteiger partial charge >= 0.3 is 5.97 Å². The zero-order valence-electron chi connectivity index (χ0n) is 10.1. The van der Waals surface area contributed by atoms with Crippen molar-refractivity contribution in [1.82, 2.24) is 9.47 Å². The predicted molar refractivity (Wildman–Crippen MR) is 66.7 cm³/mol. The van der Waals surface area contributed by atoms with E-state index in [1.807, 2.05) is 0 Å². The molecule has 0 bridgehead atoms. The van der Waals surface area contributed by atoms with Crippen molar-refractivity contribution >= 4 is 23.5 Å². The highest BCUT2D eigenvalue weighted by Crippen LogP contribution is 2.22. The number of carbonyl (C=O) groups excluding carboxylic acids is 1. The number of carboxylic acid groups (broad SMARTS) is 1. The zero-order valence-corrected chi connectivity index (χ0v) is 10.9. The standard InChI is InChI=1S/C12H15ClN2O3/c1-14-7-9(13)5-10(14)12(18)15-3-2-8(6-15)4-11(16)17/h5,7-8H,2-4,6H2,1H3,(H,16,17). The van der Waals surface area contributed by atoms with Crippen LogP contribution in [-0.4, -0.2) is 39.5 Å².